The van der Waals surface area contributed by atoms with Crippen LogP contribution in [0, 0.1) is 0 Å². The molecule has 0 saturated carbocycles. The smallest absolute Gasteiger partial charge is 0.123 e. The summed E-state index contributed by atoms with van der Waals surface area (Å²) in [5, 5.41) is 8.77. The van der Waals surface area contributed by atoms with E-state index in [2.05, 4.69) is 16.0 Å². The molecule has 1 aliphatic heterocycles. The van der Waals surface area contributed by atoms with Crippen LogP contribution in [-0.4, -0.2) is 34.7 Å². The second-order valence-electron chi connectivity index (χ2n) is 3.95. The van der Waals surface area contributed by atoms with Crippen LogP contribution in [-0.2, 0) is 13.0 Å². The molecule has 0 unspecified atom stereocenters. The van der Waals surface area contributed by atoms with Crippen LogP contribution in [0.5, 0.6) is 0 Å². The number of fused-ring (bicyclic) bond motifs is 1. The van der Waals surface area contributed by atoms with Crippen LogP contribution in [0.15, 0.2) is 12.1 Å². The zero-order chi connectivity index (χ0) is 10.7. The molecule has 0 spiro atoms. The van der Waals surface area contributed by atoms with Gasteiger partial charge in [-0.15, -0.1) is 0 Å². The quantitative estimate of drug-likeness (QED) is 0.753. The topological polar surface area (TPSA) is 62.4 Å². The Labute approximate surface area is 89.7 Å². The molecule has 82 valence electrons. The molecule has 3 N–H and O–H groups in total. The lowest BCUT2D eigenvalue weighted by Crippen LogP contribution is -2.32. The van der Waals surface area contributed by atoms with E-state index in [9.17, 15) is 0 Å². The summed E-state index contributed by atoms with van der Waals surface area (Å²) in [7, 11) is 0. The molecule has 0 amide bonds. The van der Waals surface area contributed by atoms with Crippen LogP contribution in [0.4, 0.5) is 5.82 Å². The molecule has 2 rings (SSSR count). The Hall–Kier alpha value is -1.13. The number of nitrogens with two attached hydrogens (primary N) is 1. The van der Waals surface area contributed by atoms with Gasteiger partial charge in [0.2, 0.25) is 0 Å². The molecule has 4 nitrogen and oxygen atoms in total. The molecule has 0 aromatic carbocycles. The molecule has 2 heterocycles. The van der Waals surface area contributed by atoms with Crippen molar-refractivity contribution in [3.05, 3.63) is 23.4 Å². The van der Waals surface area contributed by atoms with Crippen LogP contribution in [0.3, 0.4) is 0 Å². The summed E-state index contributed by atoms with van der Waals surface area (Å²) in [6, 6.07) is 3.91. The number of anilines is 1. The molecule has 0 aliphatic carbocycles. The van der Waals surface area contributed by atoms with Gasteiger partial charge in [0.15, 0.2) is 0 Å². The Bertz CT molecular complexity index is 341. The number of nitrogen functional groups attached to an aromatic ring is 1. The number of rotatable bonds is 3. The first-order valence-corrected chi connectivity index (χ1v) is 5.37. The van der Waals surface area contributed by atoms with E-state index in [1.807, 2.05) is 6.07 Å². The molecule has 0 bridgehead atoms. The van der Waals surface area contributed by atoms with Crippen LogP contribution >= 0.6 is 0 Å². The van der Waals surface area contributed by atoms with Crippen molar-refractivity contribution in [3.63, 3.8) is 0 Å². The lowest BCUT2D eigenvalue weighted by atomic mass is 10.1. The zero-order valence-corrected chi connectivity index (χ0v) is 8.82. The SMILES string of the molecule is Nc1ccc2c(n1)CCN(CCCO)C2. The van der Waals surface area contributed by atoms with Crippen molar-refractivity contribution in [1.82, 2.24) is 9.88 Å². The van der Waals surface area contributed by atoms with Crippen molar-refractivity contribution in [2.24, 2.45) is 0 Å². The minimum absolute atomic E-state index is 0.267. The standard InChI is InChI=1S/C11H17N3O/c12-11-3-2-9-8-14(5-1-7-15)6-4-10(9)13-11/h2-3,15H,1,4-8H2,(H2,12,13). The van der Waals surface area contributed by atoms with Crippen molar-refractivity contribution < 1.29 is 5.11 Å². The number of hydrogen-bond donors (Lipinski definition) is 2. The zero-order valence-electron chi connectivity index (χ0n) is 8.82. The normalized spacial score (nSPS) is 16.3. The number of pyridine rings is 1. The van der Waals surface area contributed by atoms with Gasteiger partial charge in [0.1, 0.15) is 5.82 Å². The Balaban J connectivity index is 2.03. The number of aromatic nitrogens is 1. The Morgan fingerprint density at radius 3 is 3.13 bits per heavy atom. The summed E-state index contributed by atoms with van der Waals surface area (Å²) in [5.74, 6) is 0.609. The van der Waals surface area contributed by atoms with Crippen molar-refractivity contribution >= 4 is 5.82 Å². The third kappa shape index (κ3) is 2.46. The predicted molar refractivity (Wildman–Crippen MR) is 59.3 cm³/mol. The van der Waals surface area contributed by atoms with Gasteiger partial charge in [0.05, 0.1) is 0 Å². The van der Waals surface area contributed by atoms with Crippen molar-refractivity contribution in [2.75, 3.05) is 25.4 Å². The van der Waals surface area contributed by atoms with Gasteiger partial charge < -0.3 is 10.8 Å². The van der Waals surface area contributed by atoms with Crippen LogP contribution in [0.25, 0.3) is 0 Å². The van der Waals surface area contributed by atoms with Crippen LogP contribution in [0.1, 0.15) is 17.7 Å². The van der Waals surface area contributed by atoms with E-state index in [-0.39, 0.29) is 6.61 Å². The van der Waals surface area contributed by atoms with Gasteiger partial charge in [-0.05, 0) is 18.1 Å². The fourth-order valence-electron chi connectivity index (χ4n) is 1.98. The molecular weight excluding hydrogens is 190 g/mol. The summed E-state index contributed by atoms with van der Waals surface area (Å²) in [4.78, 5) is 6.67. The van der Waals surface area contributed by atoms with Gasteiger partial charge in [-0.1, -0.05) is 6.07 Å². The minimum atomic E-state index is 0.267. The number of hydrogen-bond acceptors (Lipinski definition) is 4. The first kappa shape index (κ1) is 10.4. The average Bonchev–Trinajstić information content (AvgIpc) is 2.26. The number of aliphatic hydroxyl groups is 1. The molecule has 0 atom stereocenters. The molecule has 15 heavy (non-hydrogen) atoms. The molecule has 1 aromatic rings. The Morgan fingerprint density at radius 1 is 1.47 bits per heavy atom. The molecule has 0 saturated heterocycles. The van der Waals surface area contributed by atoms with E-state index in [0.29, 0.717) is 5.82 Å². The summed E-state index contributed by atoms with van der Waals surface area (Å²) in [5.41, 5.74) is 8.05. The summed E-state index contributed by atoms with van der Waals surface area (Å²) in [6.07, 6.45) is 1.81. The van der Waals surface area contributed by atoms with Crippen LogP contribution < -0.4 is 5.73 Å². The highest BCUT2D eigenvalue weighted by atomic mass is 16.3. The highest BCUT2D eigenvalue weighted by Crippen LogP contribution is 2.18. The highest BCUT2D eigenvalue weighted by Gasteiger charge is 2.16. The fourth-order valence-corrected chi connectivity index (χ4v) is 1.98. The van der Waals surface area contributed by atoms with Gasteiger partial charge in [0, 0.05) is 38.4 Å². The number of nitrogens with zero attached hydrogens (tertiary/aromatic N) is 2. The lowest BCUT2D eigenvalue weighted by Gasteiger charge is -2.27. The maximum absolute atomic E-state index is 8.77. The highest BCUT2D eigenvalue weighted by molar-refractivity contribution is 5.35. The van der Waals surface area contributed by atoms with Gasteiger partial charge >= 0.3 is 0 Å². The van der Waals surface area contributed by atoms with E-state index >= 15 is 0 Å². The number of aliphatic hydroxyl groups excluding tert-OH is 1. The Morgan fingerprint density at radius 2 is 2.33 bits per heavy atom. The first-order chi connectivity index (χ1) is 7.29. The van der Waals surface area contributed by atoms with E-state index in [1.165, 1.54) is 5.56 Å². The van der Waals surface area contributed by atoms with Gasteiger partial charge in [-0.2, -0.15) is 0 Å². The molecule has 1 aliphatic rings. The fraction of sp³-hybridized carbons (Fsp3) is 0.545. The Kier molecular flexibility index (Phi) is 3.18. The lowest BCUT2D eigenvalue weighted by molar-refractivity contribution is 0.211. The van der Waals surface area contributed by atoms with Crippen molar-refractivity contribution in [3.8, 4) is 0 Å². The largest absolute Gasteiger partial charge is 0.396 e. The molecule has 4 heteroatoms. The second kappa shape index (κ2) is 4.59. The summed E-state index contributed by atoms with van der Waals surface area (Å²) >= 11 is 0. The predicted octanol–water partition coefficient (Wildman–Crippen LogP) is 0.404. The first-order valence-electron chi connectivity index (χ1n) is 5.37. The maximum atomic E-state index is 8.77. The third-order valence-corrected chi connectivity index (χ3v) is 2.78. The van der Waals surface area contributed by atoms with E-state index in [0.717, 1.165) is 38.2 Å². The third-order valence-electron chi connectivity index (χ3n) is 2.78. The second-order valence-corrected chi connectivity index (χ2v) is 3.95. The van der Waals surface area contributed by atoms with E-state index < -0.39 is 0 Å². The molecule has 1 aromatic heterocycles. The van der Waals surface area contributed by atoms with Gasteiger partial charge in [0.25, 0.3) is 0 Å². The summed E-state index contributed by atoms with van der Waals surface area (Å²) in [6.45, 7) is 3.18. The van der Waals surface area contributed by atoms with E-state index in [4.69, 9.17) is 10.8 Å². The molecular formula is C11H17N3O. The molecule has 0 fully saturated rings. The maximum Gasteiger partial charge on any atom is 0.123 e. The minimum Gasteiger partial charge on any atom is -0.396 e. The van der Waals surface area contributed by atoms with E-state index in [1.54, 1.807) is 0 Å². The molecule has 0 radical (unpaired) electrons. The van der Waals surface area contributed by atoms with Crippen LogP contribution in [0.2, 0.25) is 0 Å². The van der Waals surface area contributed by atoms with Gasteiger partial charge in [-0.25, -0.2) is 4.98 Å². The monoisotopic (exact) mass is 207 g/mol. The summed E-state index contributed by atoms with van der Waals surface area (Å²) < 4.78 is 0. The van der Waals surface area contributed by atoms with Gasteiger partial charge in [-0.3, -0.25) is 4.90 Å². The average molecular weight is 207 g/mol. The van der Waals surface area contributed by atoms with Crippen molar-refractivity contribution in [2.45, 2.75) is 19.4 Å². The van der Waals surface area contributed by atoms with Crippen molar-refractivity contribution in [1.29, 1.82) is 0 Å².